The number of rotatable bonds is 6. The number of carbonyl (C=O) groups is 1. The van der Waals surface area contributed by atoms with Gasteiger partial charge in [0.25, 0.3) is 0 Å². The number of aliphatic carboxylic acids is 1. The van der Waals surface area contributed by atoms with Crippen LogP contribution in [0.2, 0.25) is 0 Å². The third-order valence-corrected chi connectivity index (χ3v) is 2.84. The molecule has 1 aromatic carbocycles. The topological polar surface area (TPSA) is 81.8 Å². The van der Waals surface area contributed by atoms with Gasteiger partial charge in [0.05, 0.1) is 14.2 Å². The molecule has 5 nitrogen and oxygen atoms in total. The lowest BCUT2D eigenvalue weighted by molar-refractivity contribution is -0.138. The molecule has 0 aliphatic rings. The molecular formula is C13H19NO4. The second-order valence-electron chi connectivity index (χ2n) is 3.97. The highest BCUT2D eigenvalue weighted by molar-refractivity contribution is 5.73. The van der Waals surface area contributed by atoms with Crippen molar-refractivity contribution < 1.29 is 19.4 Å². The Morgan fingerprint density at radius 2 is 2.06 bits per heavy atom. The molecule has 0 aliphatic carbocycles. The number of hydrogen-bond acceptors (Lipinski definition) is 4. The van der Waals surface area contributed by atoms with Crippen molar-refractivity contribution in [2.45, 2.75) is 25.8 Å². The van der Waals surface area contributed by atoms with Crippen LogP contribution in [0.1, 0.15) is 18.1 Å². The zero-order valence-corrected chi connectivity index (χ0v) is 10.9. The molecule has 3 N–H and O–H groups in total. The van der Waals surface area contributed by atoms with E-state index in [2.05, 4.69) is 0 Å². The van der Waals surface area contributed by atoms with Gasteiger partial charge in [-0.15, -0.1) is 0 Å². The number of nitrogens with two attached hydrogens (primary N) is 1. The smallest absolute Gasteiger partial charge is 0.320 e. The average Bonchev–Trinajstić information content (AvgIpc) is 2.37. The summed E-state index contributed by atoms with van der Waals surface area (Å²) in [6, 6.07) is 2.67. The summed E-state index contributed by atoms with van der Waals surface area (Å²) in [4.78, 5) is 10.8. The van der Waals surface area contributed by atoms with Gasteiger partial charge in [-0.3, -0.25) is 4.79 Å². The fraction of sp³-hybridized carbons (Fsp3) is 0.462. The predicted octanol–water partition coefficient (Wildman–Crippen LogP) is 1.22. The summed E-state index contributed by atoms with van der Waals surface area (Å²) in [6.45, 7) is 1.99. The van der Waals surface area contributed by atoms with Gasteiger partial charge in [0.2, 0.25) is 0 Å². The Bertz CT molecular complexity index is 431. The minimum absolute atomic E-state index is 0.256. The number of ether oxygens (including phenoxy) is 2. The van der Waals surface area contributed by atoms with Gasteiger partial charge < -0.3 is 20.3 Å². The molecule has 100 valence electrons. The first-order valence-corrected chi connectivity index (χ1v) is 5.75. The van der Waals surface area contributed by atoms with E-state index in [0.29, 0.717) is 11.5 Å². The van der Waals surface area contributed by atoms with Crippen LogP contribution in [0, 0.1) is 0 Å². The Labute approximate surface area is 107 Å². The van der Waals surface area contributed by atoms with Crippen LogP contribution < -0.4 is 15.2 Å². The van der Waals surface area contributed by atoms with Crippen molar-refractivity contribution in [2.75, 3.05) is 14.2 Å². The minimum Gasteiger partial charge on any atom is -0.497 e. The molecule has 0 bridgehead atoms. The van der Waals surface area contributed by atoms with Crippen LogP contribution in [-0.4, -0.2) is 31.3 Å². The fourth-order valence-corrected chi connectivity index (χ4v) is 1.88. The highest BCUT2D eigenvalue weighted by Crippen LogP contribution is 2.29. The summed E-state index contributed by atoms with van der Waals surface area (Å²) in [5.41, 5.74) is 7.39. The van der Waals surface area contributed by atoms with Gasteiger partial charge in [0.15, 0.2) is 0 Å². The largest absolute Gasteiger partial charge is 0.497 e. The molecule has 0 radical (unpaired) electrons. The zero-order chi connectivity index (χ0) is 13.7. The van der Waals surface area contributed by atoms with Crippen molar-refractivity contribution in [1.82, 2.24) is 0 Å². The molecular weight excluding hydrogens is 234 g/mol. The Kier molecular flexibility index (Phi) is 4.97. The summed E-state index contributed by atoms with van der Waals surface area (Å²) in [6.07, 6.45) is 1.00. The molecule has 1 atom stereocenters. The van der Waals surface area contributed by atoms with Gasteiger partial charge in [-0.1, -0.05) is 6.92 Å². The quantitative estimate of drug-likeness (QED) is 0.796. The maximum atomic E-state index is 10.8. The molecule has 0 spiro atoms. The normalized spacial score (nSPS) is 12.0. The van der Waals surface area contributed by atoms with E-state index in [1.54, 1.807) is 20.3 Å². The van der Waals surface area contributed by atoms with E-state index >= 15 is 0 Å². The molecule has 5 heteroatoms. The molecule has 0 aromatic heterocycles. The lowest BCUT2D eigenvalue weighted by Gasteiger charge is -2.16. The Hall–Kier alpha value is -1.75. The fourth-order valence-electron chi connectivity index (χ4n) is 1.88. The van der Waals surface area contributed by atoms with Crippen LogP contribution in [-0.2, 0) is 17.6 Å². The summed E-state index contributed by atoms with van der Waals surface area (Å²) in [7, 11) is 3.14. The molecule has 18 heavy (non-hydrogen) atoms. The first-order valence-electron chi connectivity index (χ1n) is 5.75. The van der Waals surface area contributed by atoms with Crippen LogP contribution in [0.15, 0.2) is 12.1 Å². The van der Waals surface area contributed by atoms with Crippen molar-refractivity contribution in [3.63, 3.8) is 0 Å². The maximum Gasteiger partial charge on any atom is 0.320 e. The highest BCUT2D eigenvalue weighted by atomic mass is 16.5. The van der Waals surface area contributed by atoms with Gasteiger partial charge in [0.1, 0.15) is 17.5 Å². The van der Waals surface area contributed by atoms with Crippen LogP contribution in [0.25, 0.3) is 0 Å². The number of carboxylic acid groups (broad SMARTS) is 1. The number of benzene rings is 1. The lowest BCUT2D eigenvalue weighted by atomic mass is 9.97. The molecule has 0 fully saturated rings. The molecule has 0 saturated carbocycles. The molecule has 0 amide bonds. The van der Waals surface area contributed by atoms with Crippen molar-refractivity contribution in [3.8, 4) is 11.5 Å². The molecule has 1 unspecified atom stereocenters. The predicted molar refractivity (Wildman–Crippen MR) is 68.2 cm³/mol. The van der Waals surface area contributed by atoms with E-state index in [1.807, 2.05) is 13.0 Å². The summed E-state index contributed by atoms with van der Waals surface area (Å²) >= 11 is 0. The average molecular weight is 253 g/mol. The van der Waals surface area contributed by atoms with Crippen LogP contribution in [0.5, 0.6) is 11.5 Å². The third kappa shape index (κ3) is 3.13. The third-order valence-electron chi connectivity index (χ3n) is 2.84. The standard InChI is InChI=1S/C13H19NO4/c1-4-10-8(6-11(14)13(15)16)5-9(17-2)7-12(10)18-3/h5,7,11H,4,6,14H2,1-3H3,(H,15,16). The first-order chi connectivity index (χ1) is 8.53. The van der Waals surface area contributed by atoms with Gasteiger partial charge >= 0.3 is 5.97 Å². The SMILES string of the molecule is CCc1c(CC(N)C(=O)O)cc(OC)cc1OC. The van der Waals surface area contributed by atoms with E-state index in [1.165, 1.54) is 0 Å². The van der Waals surface area contributed by atoms with Crippen molar-refractivity contribution >= 4 is 5.97 Å². The highest BCUT2D eigenvalue weighted by Gasteiger charge is 2.17. The van der Waals surface area contributed by atoms with Crippen LogP contribution >= 0.6 is 0 Å². The lowest BCUT2D eigenvalue weighted by Crippen LogP contribution is -2.32. The molecule has 0 heterocycles. The Morgan fingerprint density at radius 1 is 1.39 bits per heavy atom. The van der Waals surface area contributed by atoms with Gasteiger partial charge in [-0.25, -0.2) is 0 Å². The summed E-state index contributed by atoms with van der Waals surface area (Å²) < 4.78 is 10.5. The number of methoxy groups -OCH3 is 2. The zero-order valence-electron chi connectivity index (χ0n) is 10.9. The van der Waals surface area contributed by atoms with E-state index in [4.69, 9.17) is 20.3 Å². The Balaban J connectivity index is 3.18. The second kappa shape index (κ2) is 6.26. The van der Waals surface area contributed by atoms with Crippen molar-refractivity contribution in [3.05, 3.63) is 23.3 Å². The van der Waals surface area contributed by atoms with Crippen molar-refractivity contribution in [2.24, 2.45) is 5.73 Å². The summed E-state index contributed by atoms with van der Waals surface area (Å²) in [5, 5.41) is 8.87. The number of hydrogen-bond donors (Lipinski definition) is 2. The van der Waals surface area contributed by atoms with Crippen LogP contribution in [0.3, 0.4) is 0 Å². The maximum absolute atomic E-state index is 10.8. The Morgan fingerprint density at radius 3 is 2.50 bits per heavy atom. The molecule has 0 aliphatic heterocycles. The summed E-state index contributed by atoms with van der Waals surface area (Å²) in [5.74, 6) is 0.319. The molecule has 0 saturated heterocycles. The van der Waals surface area contributed by atoms with Crippen molar-refractivity contribution in [1.29, 1.82) is 0 Å². The molecule has 1 rings (SSSR count). The molecule has 1 aromatic rings. The van der Waals surface area contributed by atoms with Gasteiger partial charge in [-0.05, 0) is 30.0 Å². The van der Waals surface area contributed by atoms with E-state index < -0.39 is 12.0 Å². The minimum atomic E-state index is -1.01. The number of carboxylic acids is 1. The second-order valence-corrected chi connectivity index (χ2v) is 3.97. The van der Waals surface area contributed by atoms with Gasteiger partial charge in [0, 0.05) is 6.07 Å². The van der Waals surface area contributed by atoms with Gasteiger partial charge in [-0.2, -0.15) is 0 Å². The van der Waals surface area contributed by atoms with Crippen LogP contribution in [0.4, 0.5) is 0 Å². The van der Waals surface area contributed by atoms with E-state index in [0.717, 1.165) is 17.5 Å². The van der Waals surface area contributed by atoms with E-state index in [-0.39, 0.29) is 6.42 Å². The monoisotopic (exact) mass is 253 g/mol. The first kappa shape index (κ1) is 14.3. The van der Waals surface area contributed by atoms with E-state index in [9.17, 15) is 4.79 Å².